The number of esters is 5. The first-order valence-electron chi connectivity index (χ1n) is 19.6. The number of unbranched alkanes of at least 4 members (excludes halogenated alkanes) is 11. The maximum absolute atomic E-state index is 13.2. The van der Waals surface area contributed by atoms with Gasteiger partial charge in [0, 0.05) is 34.6 Å². The van der Waals surface area contributed by atoms with Crippen LogP contribution in [0.2, 0.25) is 0 Å². The van der Waals surface area contributed by atoms with Crippen molar-refractivity contribution in [3.63, 3.8) is 0 Å². The van der Waals surface area contributed by atoms with E-state index in [0.29, 0.717) is 6.42 Å². The van der Waals surface area contributed by atoms with Gasteiger partial charge in [0.25, 0.3) is 0 Å². The van der Waals surface area contributed by atoms with Crippen LogP contribution in [0.1, 0.15) is 146 Å². The summed E-state index contributed by atoms with van der Waals surface area (Å²) in [7, 11) is 0. The summed E-state index contributed by atoms with van der Waals surface area (Å²) < 4.78 is 45.0. The van der Waals surface area contributed by atoms with Gasteiger partial charge in [-0.1, -0.05) is 77.6 Å². The second kappa shape index (κ2) is 26.4. The summed E-state index contributed by atoms with van der Waals surface area (Å²) in [6, 6.07) is -1.26. The molecule has 1 fully saturated rings. The molecule has 16 nitrogen and oxygen atoms in total. The molecule has 0 aliphatic carbocycles. The molecule has 0 spiro atoms. The highest BCUT2D eigenvalue weighted by atomic mass is 16.7. The molecule has 0 saturated carbocycles. The minimum atomic E-state index is -1.58. The van der Waals surface area contributed by atoms with Crippen molar-refractivity contribution in [3.05, 3.63) is 0 Å². The van der Waals surface area contributed by atoms with Gasteiger partial charge in [-0.05, 0) is 33.6 Å². The number of amides is 1. The summed E-state index contributed by atoms with van der Waals surface area (Å²) >= 11 is 0. The molecule has 8 atom stereocenters. The van der Waals surface area contributed by atoms with Crippen LogP contribution >= 0.6 is 0 Å². The maximum Gasteiger partial charge on any atom is 0.408 e. The molecule has 16 heteroatoms. The number of hydrogen-bond donors (Lipinski definition) is 2. The van der Waals surface area contributed by atoms with Crippen molar-refractivity contribution in [2.24, 2.45) is 0 Å². The number of hydrogen-bond acceptors (Lipinski definition) is 15. The Balaban J connectivity index is 3.34. The fourth-order valence-electron chi connectivity index (χ4n) is 6.31. The van der Waals surface area contributed by atoms with E-state index in [9.17, 15) is 33.9 Å². The maximum atomic E-state index is 13.2. The SMILES string of the molecule is CCCCCCCCCCCCCC[C@@H](OC(C)=O)[C@@H](OC(C)=O)[C@H](CO[C@@H]1O[C@@H](CO)[C@@H](OC(C)=O)[C@H](OC(C)=O)[C@H]1OC(C)=O)NC(=O)OC(C)(C)C. The van der Waals surface area contributed by atoms with Crippen LogP contribution in [0.5, 0.6) is 0 Å². The van der Waals surface area contributed by atoms with E-state index >= 15 is 0 Å². The molecule has 0 aromatic rings. The smallest absolute Gasteiger partial charge is 0.408 e. The standard InChI is InChI=1S/C39H67NO15/c1-10-11-12-13-14-15-16-17-18-19-20-21-22-31(49-25(2)42)33(50-26(3)43)30(40-38(47)55-39(7,8)9)24-48-37-36(53-29(6)46)35(52-28(5)45)34(51-27(4)44)32(23-41)54-37/h30-37,41H,10-24H2,1-9H3,(H,40,47)/t30-,31+,32-,33-,34+,35-,36+,37+/m0/s1. The van der Waals surface area contributed by atoms with E-state index in [1.165, 1.54) is 58.8 Å². The molecular formula is C39H67NO15. The number of rotatable bonds is 25. The first-order valence-corrected chi connectivity index (χ1v) is 19.6. The Bertz CT molecular complexity index is 1190. The van der Waals surface area contributed by atoms with Gasteiger partial charge >= 0.3 is 35.9 Å². The summed E-state index contributed by atoms with van der Waals surface area (Å²) in [5.41, 5.74) is -0.930. The van der Waals surface area contributed by atoms with Crippen LogP contribution in [-0.4, -0.2) is 109 Å². The third kappa shape index (κ3) is 21.4. The van der Waals surface area contributed by atoms with Gasteiger partial charge in [0.1, 0.15) is 17.8 Å². The molecule has 1 aliphatic heterocycles. The monoisotopic (exact) mass is 789 g/mol. The Labute approximate surface area is 326 Å². The number of carbonyl (C=O) groups is 6. The van der Waals surface area contributed by atoms with Crippen molar-refractivity contribution < 1.29 is 71.8 Å². The van der Waals surface area contributed by atoms with Crippen LogP contribution < -0.4 is 5.32 Å². The van der Waals surface area contributed by atoms with Gasteiger partial charge in [-0.25, -0.2) is 4.79 Å². The third-order valence-electron chi connectivity index (χ3n) is 8.54. The van der Waals surface area contributed by atoms with Crippen molar-refractivity contribution >= 4 is 35.9 Å². The lowest BCUT2D eigenvalue weighted by Crippen LogP contribution is -2.63. The zero-order valence-electron chi connectivity index (χ0n) is 34.4. The molecule has 1 amide bonds. The van der Waals surface area contributed by atoms with Gasteiger partial charge in [0.15, 0.2) is 30.7 Å². The molecule has 0 bridgehead atoms. The van der Waals surface area contributed by atoms with Crippen LogP contribution in [0, 0.1) is 0 Å². The molecule has 1 aliphatic rings. The molecule has 1 heterocycles. The van der Waals surface area contributed by atoms with Crippen LogP contribution in [-0.2, 0) is 61.9 Å². The number of aliphatic hydroxyl groups is 1. The fraction of sp³-hybridized carbons (Fsp3) is 0.846. The summed E-state index contributed by atoms with van der Waals surface area (Å²) in [5.74, 6) is -3.82. The molecule has 55 heavy (non-hydrogen) atoms. The minimum Gasteiger partial charge on any atom is -0.459 e. The van der Waals surface area contributed by atoms with Gasteiger partial charge in [-0.3, -0.25) is 24.0 Å². The highest BCUT2D eigenvalue weighted by molar-refractivity contribution is 5.70. The lowest BCUT2D eigenvalue weighted by molar-refractivity contribution is -0.309. The van der Waals surface area contributed by atoms with E-state index in [2.05, 4.69) is 12.2 Å². The number of carbonyl (C=O) groups excluding carboxylic acids is 6. The molecular weight excluding hydrogens is 722 g/mol. The molecule has 1 rings (SSSR count). The van der Waals surface area contributed by atoms with E-state index in [-0.39, 0.29) is 6.42 Å². The van der Waals surface area contributed by atoms with Gasteiger partial charge in [-0.2, -0.15) is 0 Å². The first-order chi connectivity index (χ1) is 25.9. The predicted octanol–water partition coefficient (Wildman–Crippen LogP) is 5.36. The first kappa shape index (κ1) is 49.5. The molecule has 0 radical (unpaired) electrons. The quantitative estimate of drug-likeness (QED) is 0.0678. The van der Waals surface area contributed by atoms with Crippen molar-refractivity contribution in [1.29, 1.82) is 0 Å². The lowest BCUT2D eigenvalue weighted by Gasteiger charge is -2.44. The Morgan fingerprint density at radius 3 is 1.58 bits per heavy atom. The highest BCUT2D eigenvalue weighted by Crippen LogP contribution is 2.30. The average molecular weight is 790 g/mol. The Morgan fingerprint density at radius 2 is 1.13 bits per heavy atom. The number of ether oxygens (including phenoxy) is 8. The van der Waals surface area contributed by atoms with Crippen molar-refractivity contribution in [2.45, 2.75) is 200 Å². The Hall–Kier alpha value is -3.50. The highest BCUT2D eigenvalue weighted by Gasteiger charge is 2.52. The molecule has 1 saturated heterocycles. The Kier molecular flexibility index (Phi) is 23.7. The zero-order valence-corrected chi connectivity index (χ0v) is 34.4. The van der Waals surface area contributed by atoms with E-state index < -0.39 is 104 Å². The second-order valence-electron chi connectivity index (χ2n) is 14.9. The van der Waals surface area contributed by atoms with Crippen molar-refractivity contribution in [1.82, 2.24) is 5.32 Å². The molecule has 318 valence electrons. The van der Waals surface area contributed by atoms with E-state index in [1.807, 2.05) is 0 Å². The molecule has 0 aromatic carbocycles. The normalized spacial score (nSPS) is 21.3. The van der Waals surface area contributed by atoms with E-state index in [0.717, 1.165) is 46.5 Å². The van der Waals surface area contributed by atoms with Gasteiger partial charge in [0.05, 0.1) is 19.3 Å². The lowest BCUT2D eigenvalue weighted by atomic mass is 9.97. The van der Waals surface area contributed by atoms with E-state index in [1.54, 1.807) is 20.8 Å². The summed E-state index contributed by atoms with van der Waals surface area (Å²) in [6.45, 7) is 11.6. The summed E-state index contributed by atoms with van der Waals surface area (Å²) in [5, 5.41) is 12.8. The summed E-state index contributed by atoms with van der Waals surface area (Å²) in [4.78, 5) is 74.5. The largest absolute Gasteiger partial charge is 0.459 e. The van der Waals surface area contributed by atoms with Crippen LogP contribution in [0.3, 0.4) is 0 Å². The predicted molar refractivity (Wildman–Crippen MR) is 198 cm³/mol. The van der Waals surface area contributed by atoms with Gasteiger partial charge in [0.2, 0.25) is 0 Å². The van der Waals surface area contributed by atoms with Crippen LogP contribution in [0.25, 0.3) is 0 Å². The zero-order chi connectivity index (χ0) is 41.6. The van der Waals surface area contributed by atoms with E-state index in [4.69, 9.17) is 37.9 Å². The van der Waals surface area contributed by atoms with Crippen LogP contribution in [0.15, 0.2) is 0 Å². The number of aliphatic hydroxyl groups excluding tert-OH is 1. The minimum absolute atomic E-state index is 0.280. The van der Waals surface area contributed by atoms with Crippen molar-refractivity contribution in [3.8, 4) is 0 Å². The molecule has 0 unspecified atom stereocenters. The topological polar surface area (TPSA) is 209 Å². The Morgan fingerprint density at radius 1 is 0.655 bits per heavy atom. The van der Waals surface area contributed by atoms with Gasteiger partial charge < -0.3 is 48.3 Å². The summed E-state index contributed by atoms with van der Waals surface area (Å²) in [6.07, 6.45) is 3.06. The average Bonchev–Trinajstić information content (AvgIpc) is 3.06. The number of nitrogens with one attached hydrogen (secondary N) is 1. The van der Waals surface area contributed by atoms with Crippen molar-refractivity contribution in [2.75, 3.05) is 13.2 Å². The third-order valence-corrected chi connectivity index (χ3v) is 8.54. The fourth-order valence-corrected chi connectivity index (χ4v) is 6.31. The number of alkyl carbamates (subject to hydrolysis) is 1. The second-order valence-corrected chi connectivity index (χ2v) is 14.9. The van der Waals surface area contributed by atoms with Crippen LogP contribution in [0.4, 0.5) is 4.79 Å². The van der Waals surface area contributed by atoms with Gasteiger partial charge in [-0.15, -0.1) is 0 Å². The molecule has 0 aromatic heterocycles. The molecule has 2 N–H and O–H groups in total.